The molecule has 1 fully saturated rings. The first kappa shape index (κ1) is 20.9. The third kappa shape index (κ3) is 3.87. The van der Waals surface area contributed by atoms with Gasteiger partial charge in [-0.3, -0.25) is 9.80 Å². The van der Waals surface area contributed by atoms with Gasteiger partial charge >= 0.3 is 5.63 Å². The lowest BCUT2D eigenvalue weighted by atomic mass is 9.89. The van der Waals surface area contributed by atoms with E-state index in [0.29, 0.717) is 12.8 Å². The van der Waals surface area contributed by atoms with E-state index in [1.807, 2.05) is 6.92 Å². The number of rotatable bonds is 3. The van der Waals surface area contributed by atoms with E-state index in [9.17, 15) is 4.79 Å². The van der Waals surface area contributed by atoms with Gasteiger partial charge in [0.1, 0.15) is 18.1 Å². The van der Waals surface area contributed by atoms with Gasteiger partial charge in [-0.05, 0) is 75.7 Å². The van der Waals surface area contributed by atoms with Crippen LogP contribution in [0.3, 0.4) is 0 Å². The minimum absolute atomic E-state index is 0.153. The molecule has 0 bridgehead atoms. The molecule has 1 aromatic heterocycles. The van der Waals surface area contributed by atoms with Crippen LogP contribution in [0.15, 0.2) is 45.6 Å². The number of aryl methyl sites for hydroxylation is 2. The van der Waals surface area contributed by atoms with Gasteiger partial charge in [-0.25, -0.2) is 4.79 Å². The Morgan fingerprint density at radius 3 is 2.58 bits per heavy atom. The molecule has 5 nitrogen and oxygen atoms in total. The molecule has 0 unspecified atom stereocenters. The number of hydrogen-bond donors (Lipinski definition) is 0. The summed E-state index contributed by atoms with van der Waals surface area (Å²) in [5.74, 6) is 0.916. The number of fused-ring (bicyclic) bond motifs is 4. The number of benzene rings is 2. The first-order valence-electron chi connectivity index (χ1n) is 12.4. The number of nitrogens with zero attached hydrogens (tertiary/aromatic N) is 2. The van der Waals surface area contributed by atoms with Gasteiger partial charge in [0.15, 0.2) is 0 Å². The molecule has 1 saturated heterocycles. The van der Waals surface area contributed by atoms with E-state index in [2.05, 4.69) is 46.2 Å². The summed E-state index contributed by atoms with van der Waals surface area (Å²) in [5.41, 5.74) is 6.28. The predicted octanol–water partition coefficient (Wildman–Crippen LogP) is 4.80. The van der Waals surface area contributed by atoms with Crippen molar-refractivity contribution in [3.05, 3.63) is 74.6 Å². The summed E-state index contributed by atoms with van der Waals surface area (Å²) in [6.07, 6.45) is 6.37. The Morgan fingerprint density at radius 1 is 1.03 bits per heavy atom. The van der Waals surface area contributed by atoms with Crippen LogP contribution in [0.2, 0.25) is 0 Å². The quantitative estimate of drug-likeness (QED) is 0.543. The lowest BCUT2D eigenvalue weighted by Gasteiger charge is -2.40. The fourth-order valence-corrected chi connectivity index (χ4v) is 6.04. The monoisotopic (exact) mass is 444 g/mol. The number of hydrogen-bond acceptors (Lipinski definition) is 5. The highest BCUT2D eigenvalue weighted by molar-refractivity contribution is 5.87. The third-order valence-corrected chi connectivity index (χ3v) is 7.84. The molecule has 0 radical (unpaired) electrons. The fraction of sp³-hybridized carbons (Fsp3) is 0.464. The van der Waals surface area contributed by atoms with E-state index >= 15 is 0 Å². The van der Waals surface area contributed by atoms with E-state index in [1.54, 1.807) is 0 Å². The van der Waals surface area contributed by atoms with Crippen molar-refractivity contribution in [1.82, 2.24) is 9.80 Å². The van der Waals surface area contributed by atoms with E-state index in [-0.39, 0.29) is 5.63 Å². The van der Waals surface area contributed by atoms with Crippen molar-refractivity contribution in [2.75, 3.05) is 19.8 Å². The van der Waals surface area contributed by atoms with Crippen LogP contribution in [0.1, 0.15) is 53.5 Å². The molecule has 3 aromatic rings. The van der Waals surface area contributed by atoms with Crippen molar-refractivity contribution in [2.24, 2.45) is 0 Å². The van der Waals surface area contributed by atoms with Crippen LogP contribution in [0.4, 0.5) is 0 Å². The van der Waals surface area contributed by atoms with Crippen LogP contribution in [-0.2, 0) is 25.9 Å². The summed E-state index contributed by atoms with van der Waals surface area (Å²) in [6.45, 7) is 6.84. The summed E-state index contributed by atoms with van der Waals surface area (Å²) in [7, 11) is 0. The topological polar surface area (TPSA) is 45.9 Å². The minimum Gasteiger partial charge on any atom is -0.477 e. The average molecular weight is 445 g/mol. The molecule has 2 aliphatic heterocycles. The first-order valence-corrected chi connectivity index (χ1v) is 12.4. The first-order chi connectivity index (χ1) is 16.2. The largest absolute Gasteiger partial charge is 0.477 e. The van der Waals surface area contributed by atoms with Crippen LogP contribution in [0.5, 0.6) is 5.75 Å². The molecule has 33 heavy (non-hydrogen) atoms. The van der Waals surface area contributed by atoms with Crippen molar-refractivity contribution in [1.29, 1.82) is 0 Å². The number of ether oxygens (including phenoxy) is 1. The van der Waals surface area contributed by atoms with Crippen molar-refractivity contribution >= 4 is 11.0 Å². The zero-order chi connectivity index (χ0) is 22.4. The van der Waals surface area contributed by atoms with Crippen LogP contribution in [0.25, 0.3) is 11.0 Å². The second-order valence-electron chi connectivity index (χ2n) is 9.93. The molecule has 0 saturated carbocycles. The van der Waals surface area contributed by atoms with Gasteiger partial charge in [0.25, 0.3) is 0 Å². The molecule has 0 spiro atoms. The van der Waals surface area contributed by atoms with E-state index in [4.69, 9.17) is 9.15 Å². The van der Waals surface area contributed by atoms with E-state index < -0.39 is 0 Å². The van der Waals surface area contributed by atoms with Gasteiger partial charge < -0.3 is 9.15 Å². The normalized spacial score (nSPS) is 19.8. The van der Waals surface area contributed by atoms with E-state index in [1.165, 1.54) is 29.5 Å². The van der Waals surface area contributed by atoms with Crippen LogP contribution >= 0.6 is 0 Å². The Morgan fingerprint density at radius 2 is 1.79 bits per heavy atom. The molecule has 5 heteroatoms. The molecular formula is C28H32N2O3. The highest BCUT2D eigenvalue weighted by Crippen LogP contribution is 2.38. The number of piperidine rings is 1. The molecule has 1 aliphatic carbocycles. The predicted molar refractivity (Wildman–Crippen MR) is 130 cm³/mol. The second-order valence-corrected chi connectivity index (χ2v) is 9.93. The summed E-state index contributed by atoms with van der Waals surface area (Å²) in [5, 5.41) is 1.13. The van der Waals surface area contributed by atoms with E-state index in [0.717, 1.165) is 79.7 Å². The van der Waals surface area contributed by atoms with Gasteiger partial charge in [-0.1, -0.05) is 30.3 Å². The van der Waals surface area contributed by atoms with Gasteiger partial charge in [0, 0.05) is 41.2 Å². The summed E-state index contributed by atoms with van der Waals surface area (Å²) in [6, 6.07) is 13.6. The van der Waals surface area contributed by atoms with Crippen LogP contribution in [0, 0.1) is 6.92 Å². The second kappa shape index (κ2) is 8.62. The molecule has 0 N–H and O–H groups in total. The zero-order valence-corrected chi connectivity index (χ0v) is 19.4. The molecule has 172 valence electrons. The summed E-state index contributed by atoms with van der Waals surface area (Å²) < 4.78 is 12.1. The maximum Gasteiger partial charge on any atom is 0.339 e. The third-order valence-electron chi connectivity index (χ3n) is 7.84. The Labute approximate surface area is 194 Å². The van der Waals surface area contributed by atoms with Gasteiger partial charge in [-0.2, -0.15) is 0 Å². The van der Waals surface area contributed by atoms with Crippen molar-refractivity contribution < 1.29 is 9.15 Å². The molecular weight excluding hydrogens is 412 g/mol. The SMILES string of the molecule is Cc1c2c(cc3c4c(c(=O)oc13)CCCC4)CN(C1CCN(Cc3ccccc3)CC1)CO2. The molecule has 0 amide bonds. The van der Waals surface area contributed by atoms with Gasteiger partial charge in [0.2, 0.25) is 0 Å². The molecule has 3 aliphatic rings. The lowest BCUT2D eigenvalue weighted by Crippen LogP contribution is -2.47. The van der Waals surface area contributed by atoms with Crippen molar-refractivity contribution in [3.63, 3.8) is 0 Å². The molecule has 6 rings (SSSR count). The van der Waals surface area contributed by atoms with Crippen molar-refractivity contribution in [2.45, 2.75) is 64.6 Å². The highest BCUT2D eigenvalue weighted by Gasteiger charge is 2.30. The Hall–Kier alpha value is -2.63. The van der Waals surface area contributed by atoms with Crippen LogP contribution < -0.4 is 10.4 Å². The smallest absolute Gasteiger partial charge is 0.339 e. The lowest BCUT2D eigenvalue weighted by molar-refractivity contribution is 0.0239. The molecule has 0 atom stereocenters. The Balaban J connectivity index is 1.21. The standard InChI is InChI=1S/C28H32N2O3/c1-19-26-21(15-25-23-9-5-6-10-24(23)28(31)33-27(19)25)17-30(18-32-26)22-11-13-29(14-12-22)16-20-7-3-2-4-8-20/h2-4,7-8,15,22H,5-6,9-14,16-18H2,1H3. The fourth-order valence-electron chi connectivity index (χ4n) is 6.04. The summed E-state index contributed by atoms with van der Waals surface area (Å²) >= 11 is 0. The van der Waals surface area contributed by atoms with Crippen molar-refractivity contribution in [3.8, 4) is 5.75 Å². The Bertz CT molecular complexity index is 1230. The van der Waals surface area contributed by atoms with Gasteiger partial charge in [-0.15, -0.1) is 0 Å². The minimum atomic E-state index is -0.153. The van der Waals surface area contributed by atoms with Gasteiger partial charge in [0.05, 0.1) is 0 Å². The Kier molecular flexibility index (Phi) is 5.47. The average Bonchev–Trinajstić information content (AvgIpc) is 2.86. The zero-order valence-electron chi connectivity index (χ0n) is 19.4. The summed E-state index contributed by atoms with van der Waals surface area (Å²) in [4.78, 5) is 17.6. The maximum atomic E-state index is 12.6. The number of likely N-dealkylation sites (tertiary alicyclic amines) is 1. The molecule has 2 aromatic carbocycles. The maximum absolute atomic E-state index is 12.6. The molecule has 3 heterocycles. The van der Waals surface area contributed by atoms with Crippen LogP contribution in [-0.4, -0.2) is 35.7 Å². The highest BCUT2D eigenvalue weighted by atomic mass is 16.5.